The van der Waals surface area contributed by atoms with Gasteiger partial charge in [-0.1, -0.05) is 19.9 Å². The Labute approximate surface area is 169 Å². The molecule has 0 aromatic heterocycles. The first-order chi connectivity index (χ1) is 13.4. The second-order valence-electron chi connectivity index (χ2n) is 8.18. The average Bonchev–Trinajstić information content (AvgIpc) is 2.68. The molecule has 0 spiro atoms. The number of fused-ring (bicyclic) bond motifs is 1. The van der Waals surface area contributed by atoms with E-state index in [1.54, 1.807) is 14.2 Å². The average molecular weight is 381 g/mol. The van der Waals surface area contributed by atoms with Crippen molar-refractivity contribution in [3.63, 3.8) is 0 Å². The molecule has 1 atom stereocenters. The van der Waals surface area contributed by atoms with E-state index in [0.29, 0.717) is 5.92 Å². The smallest absolute Gasteiger partial charge is 0.129 e. The Morgan fingerprint density at radius 2 is 1.96 bits per heavy atom. The molecule has 1 aliphatic rings. The summed E-state index contributed by atoms with van der Waals surface area (Å²) < 4.78 is 11.0. The molecule has 2 aromatic rings. The van der Waals surface area contributed by atoms with Crippen LogP contribution in [0.4, 0.5) is 11.4 Å². The van der Waals surface area contributed by atoms with Gasteiger partial charge in [-0.05, 0) is 56.4 Å². The number of hydrogen-bond acceptors (Lipinski definition) is 4. The van der Waals surface area contributed by atoms with Gasteiger partial charge in [0.25, 0.3) is 0 Å². The highest BCUT2D eigenvalue weighted by Gasteiger charge is 2.36. The minimum absolute atomic E-state index is 0.142. The zero-order chi connectivity index (χ0) is 20.3. The van der Waals surface area contributed by atoms with Gasteiger partial charge in [0, 0.05) is 41.7 Å². The van der Waals surface area contributed by atoms with E-state index in [-0.39, 0.29) is 5.54 Å². The molecule has 4 nitrogen and oxygen atoms in total. The number of hydrogen-bond donors (Lipinski definition) is 0. The third kappa shape index (κ3) is 4.01. The van der Waals surface area contributed by atoms with Gasteiger partial charge in [0.2, 0.25) is 0 Å². The third-order valence-corrected chi connectivity index (χ3v) is 5.59. The number of benzene rings is 2. The molecule has 0 radical (unpaired) electrons. The summed E-state index contributed by atoms with van der Waals surface area (Å²) in [6, 6.07) is 12.2. The second-order valence-corrected chi connectivity index (χ2v) is 8.18. The lowest BCUT2D eigenvalue weighted by Gasteiger charge is -2.47. The Balaban J connectivity index is 2.02. The molecule has 1 aliphatic heterocycles. The summed E-state index contributed by atoms with van der Waals surface area (Å²) in [5, 5.41) is 0. The lowest BCUT2D eigenvalue weighted by Crippen LogP contribution is -2.48. The highest BCUT2D eigenvalue weighted by Crippen LogP contribution is 2.45. The summed E-state index contributed by atoms with van der Waals surface area (Å²) in [6.45, 7) is 10.3. The van der Waals surface area contributed by atoms with Gasteiger partial charge in [0.15, 0.2) is 0 Å². The second kappa shape index (κ2) is 8.26. The van der Waals surface area contributed by atoms with Gasteiger partial charge in [-0.2, -0.15) is 0 Å². The van der Waals surface area contributed by atoms with E-state index in [2.05, 4.69) is 49.7 Å². The van der Waals surface area contributed by atoms with Crippen molar-refractivity contribution in [1.82, 2.24) is 0 Å². The Hall–Kier alpha value is -2.49. The predicted molar refractivity (Wildman–Crippen MR) is 118 cm³/mol. The number of methoxy groups -OCH3 is 2. The SMILES string of the molecule is CCCN1c2cc(OC)c(C=Nc3cccc(OC)c3)cc2C(C)CC1(C)C. The van der Waals surface area contributed by atoms with Crippen LogP contribution in [0.15, 0.2) is 41.4 Å². The van der Waals surface area contributed by atoms with E-state index in [0.717, 1.165) is 42.1 Å². The largest absolute Gasteiger partial charge is 0.497 e. The van der Waals surface area contributed by atoms with E-state index in [1.165, 1.54) is 11.3 Å². The zero-order valence-corrected chi connectivity index (χ0v) is 18.0. The quantitative estimate of drug-likeness (QED) is 0.580. The fourth-order valence-electron chi connectivity index (χ4n) is 4.29. The molecule has 28 heavy (non-hydrogen) atoms. The van der Waals surface area contributed by atoms with Gasteiger partial charge >= 0.3 is 0 Å². The normalized spacial score (nSPS) is 18.2. The molecule has 0 saturated carbocycles. The van der Waals surface area contributed by atoms with Gasteiger partial charge < -0.3 is 14.4 Å². The summed E-state index contributed by atoms with van der Waals surface area (Å²) in [6.07, 6.45) is 4.15. The van der Waals surface area contributed by atoms with Crippen molar-refractivity contribution in [3.8, 4) is 11.5 Å². The number of anilines is 1. The summed E-state index contributed by atoms with van der Waals surface area (Å²) in [7, 11) is 3.40. The van der Waals surface area contributed by atoms with Crippen LogP contribution in [0.2, 0.25) is 0 Å². The molecule has 2 aromatic carbocycles. The molecule has 0 amide bonds. The molecular weight excluding hydrogens is 348 g/mol. The van der Waals surface area contributed by atoms with Crippen molar-refractivity contribution >= 4 is 17.6 Å². The van der Waals surface area contributed by atoms with Crippen LogP contribution in [0.1, 0.15) is 57.6 Å². The highest BCUT2D eigenvalue weighted by atomic mass is 16.5. The van der Waals surface area contributed by atoms with Crippen LogP contribution < -0.4 is 14.4 Å². The lowest BCUT2D eigenvalue weighted by atomic mass is 9.79. The van der Waals surface area contributed by atoms with E-state index in [9.17, 15) is 0 Å². The summed E-state index contributed by atoms with van der Waals surface area (Å²) >= 11 is 0. The van der Waals surface area contributed by atoms with Crippen LogP contribution >= 0.6 is 0 Å². The fourth-order valence-corrected chi connectivity index (χ4v) is 4.29. The molecule has 1 heterocycles. The van der Waals surface area contributed by atoms with Crippen LogP contribution in [0.25, 0.3) is 0 Å². The summed E-state index contributed by atoms with van der Waals surface area (Å²) in [4.78, 5) is 7.19. The fraction of sp³-hybridized carbons (Fsp3) is 0.458. The number of nitrogens with zero attached hydrogens (tertiary/aromatic N) is 2. The Morgan fingerprint density at radius 1 is 1.18 bits per heavy atom. The van der Waals surface area contributed by atoms with Crippen molar-refractivity contribution in [2.24, 2.45) is 4.99 Å². The molecule has 1 unspecified atom stereocenters. The maximum atomic E-state index is 5.73. The van der Waals surface area contributed by atoms with Crippen LogP contribution in [0, 0.1) is 0 Å². The highest BCUT2D eigenvalue weighted by molar-refractivity contribution is 5.88. The maximum Gasteiger partial charge on any atom is 0.129 e. The van der Waals surface area contributed by atoms with E-state index >= 15 is 0 Å². The molecule has 0 bridgehead atoms. The Kier molecular flexibility index (Phi) is 5.97. The van der Waals surface area contributed by atoms with Crippen LogP contribution in [0.5, 0.6) is 11.5 Å². The number of rotatable bonds is 6. The molecule has 4 heteroatoms. The first-order valence-electron chi connectivity index (χ1n) is 10.1. The molecular formula is C24H32N2O2. The van der Waals surface area contributed by atoms with Crippen molar-refractivity contribution < 1.29 is 9.47 Å². The number of ether oxygens (including phenoxy) is 2. The third-order valence-electron chi connectivity index (χ3n) is 5.59. The van der Waals surface area contributed by atoms with E-state index in [1.807, 2.05) is 30.5 Å². The minimum atomic E-state index is 0.142. The summed E-state index contributed by atoms with van der Waals surface area (Å²) in [5.74, 6) is 2.16. The van der Waals surface area contributed by atoms with E-state index in [4.69, 9.17) is 9.47 Å². The van der Waals surface area contributed by atoms with Gasteiger partial charge in [0.05, 0.1) is 19.9 Å². The maximum absolute atomic E-state index is 5.73. The van der Waals surface area contributed by atoms with Gasteiger partial charge in [-0.3, -0.25) is 4.99 Å². The molecule has 0 saturated heterocycles. The molecule has 3 rings (SSSR count). The van der Waals surface area contributed by atoms with Crippen molar-refractivity contribution in [2.45, 2.75) is 52.0 Å². The lowest BCUT2D eigenvalue weighted by molar-refractivity contribution is 0.372. The van der Waals surface area contributed by atoms with Gasteiger partial charge in [-0.25, -0.2) is 0 Å². The standard InChI is InChI=1S/C24H32N2O2/c1-7-11-26-22-14-23(28-6)18(12-21(22)17(2)15-24(26,3)4)16-25-19-9-8-10-20(13-19)27-5/h8-10,12-14,16-17H,7,11,15H2,1-6H3. The topological polar surface area (TPSA) is 34.1 Å². The zero-order valence-electron chi connectivity index (χ0n) is 18.0. The van der Waals surface area contributed by atoms with E-state index < -0.39 is 0 Å². The molecule has 150 valence electrons. The van der Waals surface area contributed by atoms with Gasteiger partial charge in [0.1, 0.15) is 11.5 Å². The van der Waals surface area contributed by atoms with Gasteiger partial charge in [-0.15, -0.1) is 0 Å². The molecule has 0 fully saturated rings. The van der Waals surface area contributed by atoms with Crippen molar-refractivity contribution in [2.75, 3.05) is 25.7 Å². The summed E-state index contributed by atoms with van der Waals surface area (Å²) in [5.41, 5.74) is 4.68. The first kappa shape index (κ1) is 20.2. The van der Waals surface area contributed by atoms with Crippen LogP contribution in [-0.2, 0) is 0 Å². The monoisotopic (exact) mass is 380 g/mol. The predicted octanol–water partition coefficient (Wildman–Crippen LogP) is 5.96. The minimum Gasteiger partial charge on any atom is -0.497 e. The molecule has 0 N–H and O–H groups in total. The van der Waals surface area contributed by atoms with Crippen LogP contribution in [-0.4, -0.2) is 32.5 Å². The van der Waals surface area contributed by atoms with Crippen molar-refractivity contribution in [1.29, 1.82) is 0 Å². The Bertz CT molecular complexity index is 858. The first-order valence-corrected chi connectivity index (χ1v) is 10.1. The Morgan fingerprint density at radius 3 is 2.64 bits per heavy atom. The molecule has 0 aliphatic carbocycles. The number of aliphatic imine (C=N–C) groups is 1. The van der Waals surface area contributed by atoms with Crippen molar-refractivity contribution in [3.05, 3.63) is 47.5 Å². The van der Waals surface area contributed by atoms with Crippen LogP contribution in [0.3, 0.4) is 0 Å².